The number of hydrogen-bond donors (Lipinski definition) is 3. The van der Waals surface area contributed by atoms with Crippen molar-refractivity contribution in [2.75, 3.05) is 25.1 Å². The molecule has 0 radical (unpaired) electrons. The molecule has 1 rings (SSSR count). The van der Waals surface area contributed by atoms with Crippen molar-refractivity contribution < 1.29 is 24.2 Å². The Morgan fingerprint density at radius 1 is 1.13 bits per heavy atom. The first-order chi connectivity index (χ1) is 11.0. The molecule has 3 N–H and O–H groups in total. The summed E-state index contributed by atoms with van der Waals surface area (Å²) in [6.07, 6.45) is 2.02. The highest BCUT2D eigenvalue weighted by Crippen LogP contribution is 2.10. The molecule has 23 heavy (non-hydrogen) atoms. The standard InChI is InChI=1S/C16H22N2O5/c1-2-3-8-23-11-15(20)18-13-6-4-12(5-7-13)9-14(19)17-10-16(21)22/h4-7H,2-3,8-11H2,1H3,(H,17,19)(H,18,20)(H,21,22). The zero-order valence-corrected chi connectivity index (χ0v) is 13.1. The average Bonchev–Trinajstić information content (AvgIpc) is 2.51. The molecule has 0 saturated carbocycles. The number of benzene rings is 1. The molecule has 0 aliphatic heterocycles. The molecular formula is C16H22N2O5. The van der Waals surface area contributed by atoms with Crippen molar-refractivity contribution in [1.29, 1.82) is 0 Å². The normalized spacial score (nSPS) is 10.1. The van der Waals surface area contributed by atoms with E-state index in [1.807, 2.05) is 6.92 Å². The van der Waals surface area contributed by atoms with Crippen molar-refractivity contribution in [3.8, 4) is 0 Å². The number of amides is 2. The van der Waals surface area contributed by atoms with Gasteiger partial charge in [-0.05, 0) is 24.1 Å². The van der Waals surface area contributed by atoms with Crippen LogP contribution < -0.4 is 10.6 Å². The van der Waals surface area contributed by atoms with Gasteiger partial charge in [-0.2, -0.15) is 0 Å². The second kappa shape index (κ2) is 10.3. The minimum Gasteiger partial charge on any atom is -0.480 e. The molecule has 0 atom stereocenters. The predicted octanol–water partition coefficient (Wildman–Crippen LogP) is 1.19. The van der Waals surface area contributed by atoms with Crippen molar-refractivity contribution in [1.82, 2.24) is 5.32 Å². The van der Waals surface area contributed by atoms with Crippen molar-refractivity contribution >= 4 is 23.5 Å². The van der Waals surface area contributed by atoms with Gasteiger partial charge in [-0.1, -0.05) is 25.5 Å². The average molecular weight is 322 g/mol. The van der Waals surface area contributed by atoms with Gasteiger partial charge >= 0.3 is 5.97 Å². The Labute approximate surface area is 135 Å². The molecule has 0 unspecified atom stereocenters. The van der Waals surface area contributed by atoms with Crippen molar-refractivity contribution in [2.45, 2.75) is 26.2 Å². The number of unbranched alkanes of at least 4 members (excludes halogenated alkanes) is 1. The maximum Gasteiger partial charge on any atom is 0.322 e. The molecule has 7 heteroatoms. The summed E-state index contributed by atoms with van der Waals surface area (Å²) in [6.45, 7) is 2.23. The molecule has 0 aliphatic rings. The molecule has 0 aromatic heterocycles. The minimum atomic E-state index is -1.09. The van der Waals surface area contributed by atoms with E-state index in [1.165, 1.54) is 0 Å². The summed E-state index contributed by atoms with van der Waals surface area (Å²) in [5.41, 5.74) is 1.34. The monoisotopic (exact) mass is 322 g/mol. The highest BCUT2D eigenvalue weighted by atomic mass is 16.5. The van der Waals surface area contributed by atoms with Gasteiger partial charge in [-0.25, -0.2) is 0 Å². The van der Waals surface area contributed by atoms with Crippen LogP contribution in [0.5, 0.6) is 0 Å². The Kier molecular flexibility index (Phi) is 8.38. The maximum absolute atomic E-state index is 11.6. The van der Waals surface area contributed by atoms with Crippen LogP contribution in [-0.4, -0.2) is 42.6 Å². The Balaban J connectivity index is 2.36. The molecular weight excluding hydrogens is 300 g/mol. The molecule has 1 aromatic rings. The first-order valence-corrected chi connectivity index (χ1v) is 7.46. The molecule has 0 heterocycles. The molecule has 0 spiro atoms. The molecule has 0 bridgehead atoms. The number of hydrogen-bond acceptors (Lipinski definition) is 4. The van der Waals surface area contributed by atoms with Gasteiger partial charge in [-0.15, -0.1) is 0 Å². The zero-order valence-electron chi connectivity index (χ0n) is 13.1. The fraction of sp³-hybridized carbons (Fsp3) is 0.438. The zero-order chi connectivity index (χ0) is 17.1. The molecule has 0 aliphatic carbocycles. The highest BCUT2D eigenvalue weighted by Gasteiger charge is 2.06. The predicted molar refractivity (Wildman–Crippen MR) is 85.1 cm³/mol. The summed E-state index contributed by atoms with van der Waals surface area (Å²) in [4.78, 5) is 33.5. The van der Waals surface area contributed by atoms with E-state index in [0.717, 1.165) is 18.4 Å². The van der Waals surface area contributed by atoms with Gasteiger partial charge in [0.15, 0.2) is 0 Å². The van der Waals surface area contributed by atoms with Gasteiger partial charge in [0.1, 0.15) is 13.2 Å². The number of carboxylic acid groups (broad SMARTS) is 1. The van der Waals surface area contributed by atoms with Gasteiger partial charge in [0.25, 0.3) is 0 Å². The SMILES string of the molecule is CCCCOCC(=O)Nc1ccc(CC(=O)NCC(=O)O)cc1. The summed E-state index contributed by atoms with van der Waals surface area (Å²) < 4.78 is 5.22. The van der Waals surface area contributed by atoms with Crippen LogP contribution in [0.25, 0.3) is 0 Å². The van der Waals surface area contributed by atoms with Gasteiger partial charge in [0.2, 0.25) is 11.8 Å². The lowest BCUT2D eigenvalue weighted by molar-refractivity contribution is -0.137. The van der Waals surface area contributed by atoms with Crippen molar-refractivity contribution in [3.63, 3.8) is 0 Å². The van der Waals surface area contributed by atoms with Crippen molar-refractivity contribution in [2.24, 2.45) is 0 Å². The summed E-state index contributed by atoms with van der Waals surface area (Å²) >= 11 is 0. The Morgan fingerprint density at radius 3 is 2.43 bits per heavy atom. The maximum atomic E-state index is 11.6. The fourth-order valence-electron chi connectivity index (χ4n) is 1.74. The fourth-order valence-corrected chi connectivity index (χ4v) is 1.74. The van der Waals surface area contributed by atoms with Crippen LogP contribution in [0.4, 0.5) is 5.69 Å². The van der Waals surface area contributed by atoms with Crippen molar-refractivity contribution in [3.05, 3.63) is 29.8 Å². The number of aliphatic carboxylic acids is 1. The number of carbonyl (C=O) groups is 3. The van der Waals surface area contributed by atoms with Gasteiger partial charge in [-0.3, -0.25) is 14.4 Å². The van der Waals surface area contributed by atoms with Crippen LogP contribution >= 0.6 is 0 Å². The number of nitrogens with one attached hydrogen (secondary N) is 2. The van der Waals surface area contributed by atoms with Crippen LogP contribution in [0.2, 0.25) is 0 Å². The topological polar surface area (TPSA) is 105 Å². The van der Waals surface area contributed by atoms with E-state index in [2.05, 4.69) is 10.6 Å². The van der Waals surface area contributed by atoms with E-state index < -0.39 is 12.5 Å². The van der Waals surface area contributed by atoms with E-state index in [9.17, 15) is 14.4 Å². The molecule has 0 fully saturated rings. The molecule has 7 nitrogen and oxygen atoms in total. The first kappa shape index (κ1) is 18.6. The third-order valence-corrected chi connectivity index (χ3v) is 2.91. The summed E-state index contributed by atoms with van der Waals surface area (Å²) in [7, 11) is 0. The lowest BCUT2D eigenvalue weighted by Crippen LogP contribution is -2.30. The third-order valence-electron chi connectivity index (χ3n) is 2.91. The molecule has 126 valence electrons. The number of anilines is 1. The molecule has 1 aromatic carbocycles. The molecule has 0 saturated heterocycles. The lowest BCUT2D eigenvalue weighted by atomic mass is 10.1. The second-order valence-corrected chi connectivity index (χ2v) is 5.00. The Hall–Kier alpha value is -2.41. The lowest BCUT2D eigenvalue weighted by Gasteiger charge is -2.07. The van der Waals surface area contributed by atoms with Crippen LogP contribution in [0, 0.1) is 0 Å². The smallest absolute Gasteiger partial charge is 0.322 e. The van der Waals surface area contributed by atoms with E-state index in [-0.39, 0.29) is 24.8 Å². The number of carboxylic acids is 1. The van der Waals surface area contributed by atoms with E-state index >= 15 is 0 Å². The summed E-state index contributed by atoms with van der Waals surface area (Å²) in [6, 6.07) is 6.77. The van der Waals surface area contributed by atoms with E-state index in [4.69, 9.17) is 9.84 Å². The van der Waals surface area contributed by atoms with Crippen LogP contribution in [0.1, 0.15) is 25.3 Å². The Bertz CT molecular complexity index is 528. The first-order valence-electron chi connectivity index (χ1n) is 7.46. The minimum absolute atomic E-state index is 0.0132. The van der Waals surface area contributed by atoms with E-state index in [0.29, 0.717) is 12.3 Å². The second-order valence-electron chi connectivity index (χ2n) is 5.00. The highest BCUT2D eigenvalue weighted by molar-refractivity contribution is 5.91. The number of carbonyl (C=O) groups excluding carboxylic acids is 2. The van der Waals surface area contributed by atoms with E-state index in [1.54, 1.807) is 24.3 Å². The summed E-state index contributed by atoms with van der Waals surface area (Å²) in [5.74, 6) is -1.68. The Morgan fingerprint density at radius 2 is 1.83 bits per heavy atom. The van der Waals surface area contributed by atoms with Crippen LogP contribution in [-0.2, 0) is 25.5 Å². The largest absolute Gasteiger partial charge is 0.480 e. The number of ether oxygens (including phenoxy) is 1. The third kappa shape index (κ3) is 8.57. The van der Waals surface area contributed by atoms with Gasteiger partial charge in [0.05, 0.1) is 6.42 Å². The summed E-state index contributed by atoms with van der Waals surface area (Å²) in [5, 5.41) is 13.5. The van der Waals surface area contributed by atoms with Crippen LogP contribution in [0.3, 0.4) is 0 Å². The van der Waals surface area contributed by atoms with Gasteiger partial charge in [0, 0.05) is 12.3 Å². The van der Waals surface area contributed by atoms with Crippen LogP contribution in [0.15, 0.2) is 24.3 Å². The quantitative estimate of drug-likeness (QED) is 0.561. The number of rotatable bonds is 10. The van der Waals surface area contributed by atoms with Gasteiger partial charge < -0.3 is 20.5 Å². The molecule has 2 amide bonds.